The van der Waals surface area contributed by atoms with Crippen LogP contribution in [-0.2, 0) is 20.8 Å². The number of esters is 2. The molecule has 0 fully saturated rings. The largest absolute Gasteiger partial charge is 0.465 e. The van der Waals surface area contributed by atoms with Gasteiger partial charge in [-0.15, -0.1) is 0 Å². The molecular weight excluding hydrogens is 360 g/mol. The number of hydrogen-bond acceptors (Lipinski definition) is 5. The summed E-state index contributed by atoms with van der Waals surface area (Å²) in [5.74, 6) is -1.45. The second kappa shape index (κ2) is 9.66. The molecule has 0 saturated carbocycles. The van der Waals surface area contributed by atoms with Crippen molar-refractivity contribution in [2.24, 2.45) is 0 Å². The molecule has 28 heavy (non-hydrogen) atoms. The van der Waals surface area contributed by atoms with Crippen LogP contribution in [0, 0.1) is 6.92 Å². The van der Waals surface area contributed by atoms with E-state index in [0.717, 1.165) is 10.5 Å². The Morgan fingerprint density at radius 2 is 1.61 bits per heavy atom. The van der Waals surface area contributed by atoms with Gasteiger partial charge in [0.2, 0.25) is 0 Å². The molecule has 0 aliphatic heterocycles. The van der Waals surface area contributed by atoms with Gasteiger partial charge >= 0.3 is 11.9 Å². The first-order chi connectivity index (χ1) is 13.3. The van der Waals surface area contributed by atoms with Crippen molar-refractivity contribution in [3.05, 3.63) is 64.7 Å². The topological polar surface area (TPSA) is 86.1 Å². The second-order valence-corrected chi connectivity index (χ2v) is 6.59. The lowest BCUT2D eigenvalue weighted by Crippen LogP contribution is -3.08. The maximum atomic E-state index is 12.5. The van der Waals surface area contributed by atoms with E-state index >= 15 is 0 Å². The average Bonchev–Trinajstić information content (AvgIpc) is 2.68. The Labute approximate surface area is 164 Å². The standard InChI is InChI=1S/C21H24N2O5/c1-14-5-7-15(8-6-14)12-23(2)13-19(24)22-18-11-16(20(25)27-3)9-10-17(18)21(26)28-4/h5-11H,12-13H2,1-4H3,(H,22,24)/p+1. The zero-order valence-corrected chi connectivity index (χ0v) is 16.5. The maximum absolute atomic E-state index is 12.5. The molecule has 2 aromatic rings. The summed E-state index contributed by atoms with van der Waals surface area (Å²) in [5.41, 5.74) is 2.91. The lowest BCUT2D eigenvalue weighted by Gasteiger charge is -2.15. The van der Waals surface area contributed by atoms with Crippen LogP contribution < -0.4 is 10.2 Å². The van der Waals surface area contributed by atoms with E-state index in [2.05, 4.69) is 5.32 Å². The van der Waals surface area contributed by atoms with Gasteiger partial charge in [-0.1, -0.05) is 29.8 Å². The van der Waals surface area contributed by atoms with Crippen molar-refractivity contribution < 1.29 is 28.8 Å². The number of methoxy groups -OCH3 is 2. The number of benzene rings is 2. The molecule has 2 rings (SSSR count). The first kappa shape index (κ1) is 21.1. The van der Waals surface area contributed by atoms with E-state index in [0.29, 0.717) is 6.54 Å². The van der Waals surface area contributed by atoms with Gasteiger partial charge in [-0.3, -0.25) is 4.79 Å². The van der Waals surface area contributed by atoms with Gasteiger partial charge in [0.25, 0.3) is 5.91 Å². The van der Waals surface area contributed by atoms with Crippen LogP contribution in [0.4, 0.5) is 5.69 Å². The zero-order chi connectivity index (χ0) is 20.7. The van der Waals surface area contributed by atoms with Crippen molar-refractivity contribution in [1.82, 2.24) is 0 Å². The number of nitrogens with one attached hydrogen (secondary N) is 2. The summed E-state index contributed by atoms with van der Waals surface area (Å²) < 4.78 is 9.43. The van der Waals surface area contributed by atoms with Crippen LogP contribution in [0.1, 0.15) is 31.8 Å². The quantitative estimate of drug-likeness (QED) is 0.700. The van der Waals surface area contributed by atoms with Gasteiger partial charge in [0.1, 0.15) is 6.54 Å². The Bertz CT molecular complexity index is 862. The molecule has 0 saturated heterocycles. The highest BCUT2D eigenvalue weighted by Crippen LogP contribution is 2.19. The predicted molar refractivity (Wildman–Crippen MR) is 104 cm³/mol. The van der Waals surface area contributed by atoms with Gasteiger partial charge in [0.15, 0.2) is 6.54 Å². The SMILES string of the molecule is COC(=O)c1ccc(C(=O)OC)c(NC(=O)C[NH+](C)Cc2ccc(C)cc2)c1. The number of ether oxygens (including phenoxy) is 2. The molecule has 7 nitrogen and oxygen atoms in total. The second-order valence-electron chi connectivity index (χ2n) is 6.59. The van der Waals surface area contributed by atoms with Crippen LogP contribution in [0.5, 0.6) is 0 Å². The molecule has 1 unspecified atom stereocenters. The fourth-order valence-electron chi connectivity index (χ4n) is 2.77. The van der Waals surface area contributed by atoms with Crippen molar-refractivity contribution in [2.45, 2.75) is 13.5 Å². The molecule has 2 N–H and O–H groups in total. The number of carbonyl (C=O) groups is 3. The average molecular weight is 385 g/mol. The van der Waals surface area contributed by atoms with Crippen LogP contribution >= 0.6 is 0 Å². The lowest BCUT2D eigenvalue weighted by molar-refractivity contribution is -0.885. The van der Waals surface area contributed by atoms with E-state index < -0.39 is 11.9 Å². The molecule has 0 radical (unpaired) electrons. The number of quaternary nitrogens is 1. The van der Waals surface area contributed by atoms with Crippen molar-refractivity contribution in [3.8, 4) is 0 Å². The predicted octanol–water partition coefficient (Wildman–Crippen LogP) is 1.22. The highest BCUT2D eigenvalue weighted by atomic mass is 16.5. The van der Waals surface area contributed by atoms with Gasteiger partial charge < -0.3 is 19.7 Å². The Kier molecular flexibility index (Phi) is 7.28. The third-order valence-electron chi connectivity index (χ3n) is 4.21. The molecule has 0 bridgehead atoms. The summed E-state index contributed by atoms with van der Waals surface area (Å²) in [6.07, 6.45) is 0. The smallest absolute Gasteiger partial charge is 0.339 e. The number of amides is 1. The van der Waals surface area contributed by atoms with Crippen molar-refractivity contribution in [3.63, 3.8) is 0 Å². The van der Waals surface area contributed by atoms with Crippen LogP contribution in [0.2, 0.25) is 0 Å². The van der Waals surface area contributed by atoms with E-state index in [1.807, 2.05) is 38.2 Å². The summed E-state index contributed by atoms with van der Waals surface area (Å²) in [6, 6.07) is 12.4. The summed E-state index contributed by atoms with van der Waals surface area (Å²) in [4.78, 5) is 37.2. The highest BCUT2D eigenvalue weighted by molar-refractivity contribution is 6.03. The van der Waals surface area contributed by atoms with Gasteiger partial charge in [-0.05, 0) is 25.1 Å². The molecule has 0 aliphatic carbocycles. The van der Waals surface area contributed by atoms with Crippen LogP contribution in [0.25, 0.3) is 0 Å². The molecule has 2 aromatic carbocycles. The minimum atomic E-state index is -0.605. The summed E-state index contributed by atoms with van der Waals surface area (Å²) in [5, 5.41) is 2.70. The zero-order valence-electron chi connectivity index (χ0n) is 16.5. The van der Waals surface area contributed by atoms with Crippen LogP contribution in [0.15, 0.2) is 42.5 Å². The van der Waals surface area contributed by atoms with E-state index in [1.54, 1.807) is 0 Å². The number of rotatable bonds is 7. The van der Waals surface area contributed by atoms with E-state index in [4.69, 9.17) is 9.47 Å². The molecule has 0 aliphatic rings. The van der Waals surface area contributed by atoms with Gasteiger partial charge in [-0.25, -0.2) is 9.59 Å². The molecular formula is C21H25N2O5+. The molecule has 0 spiro atoms. The van der Waals surface area contributed by atoms with Gasteiger partial charge in [-0.2, -0.15) is 0 Å². The van der Waals surface area contributed by atoms with Gasteiger partial charge in [0.05, 0.1) is 38.1 Å². The monoisotopic (exact) mass is 385 g/mol. The van der Waals surface area contributed by atoms with Crippen LogP contribution in [-0.4, -0.2) is 45.7 Å². The Morgan fingerprint density at radius 3 is 2.21 bits per heavy atom. The fraction of sp³-hybridized carbons (Fsp3) is 0.286. The lowest BCUT2D eigenvalue weighted by atomic mass is 10.1. The highest BCUT2D eigenvalue weighted by Gasteiger charge is 2.19. The first-order valence-electron chi connectivity index (χ1n) is 8.81. The molecule has 1 atom stereocenters. The number of anilines is 1. The molecule has 0 heterocycles. The molecule has 148 valence electrons. The summed E-state index contributed by atoms with van der Waals surface area (Å²) in [7, 11) is 4.42. The van der Waals surface area contributed by atoms with Gasteiger partial charge in [0, 0.05) is 5.56 Å². The fourth-order valence-corrected chi connectivity index (χ4v) is 2.77. The summed E-state index contributed by atoms with van der Waals surface area (Å²) in [6.45, 7) is 2.89. The third kappa shape index (κ3) is 5.65. The minimum Gasteiger partial charge on any atom is -0.465 e. The third-order valence-corrected chi connectivity index (χ3v) is 4.21. The Balaban J connectivity index is 2.11. The minimum absolute atomic E-state index is 0.166. The summed E-state index contributed by atoms with van der Waals surface area (Å²) >= 11 is 0. The van der Waals surface area contributed by atoms with E-state index in [-0.39, 0.29) is 29.3 Å². The maximum Gasteiger partial charge on any atom is 0.339 e. The molecule has 1 amide bonds. The van der Waals surface area contributed by atoms with Crippen molar-refractivity contribution in [2.75, 3.05) is 33.1 Å². The normalized spacial score (nSPS) is 11.4. The molecule has 0 aromatic heterocycles. The van der Waals surface area contributed by atoms with E-state index in [9.17, 15) is 14.4 Å². The number of likely N-dealkylation sites (N-methyl/N-ethyl adjacent to an activating group) is 1. The number of carbonyl (C=O) groups excluding carboxylic acids is 3. The van der Waals surface area contributed by atoms with Crippen molar-refractivity contribution in [1.29, 1.82) is 0 Å². The number of aryl methyl sites for hydroxylation is 1. The van der Waals surface area contributed by atoms with Crippen molar-refractivity contribution >= 4 is 23.5 Å². The molecule has 7 heteroatoms. The van der Waals surface area contributed by atoms with E-state index in [1.165, 1.54) is 38.0 Å². The Hall–Kier alpha value is -3.19. The Morgan fingerprint density at radius 1 is 0.964 bits per heavy atom. The first-order valence-corrected chi connectivity index (χ1v) is 8.81. The van der Waals surface area contributed by atoms with Crippen LogP contribution in [0.3, 0.4) is 0 Å². The number of hydrogen-bond donors (Lipinski definition) is 2.